The van der Waals surface area contributed by atoms with Crippen LogP contribution >= 0.6 is 0 Å². The Morgan fingerprint density at radius 2 is 1.76 bits per heavy atom. The number of carbonyl (C=O) groups excluding carboxylic acids is 3. The fourth-order valence-corrected chi connectivity index (χ4v) is 12.0. The Labute approximate surface area is 299 Å². The number of carbonyl (C=O) groups is 3. The third-order valence-corrected chi connectivity index (χ3v) is 14.9. The summed E-state index contributed by atoms with van der Waals surface area (Å²) >= 11 is 0. The topological polar surface area (TPSA) is 149 Å². The van der Waals surface area contributed by atoms with Gasteiger partial charge in [-0.3, -0.25) is 24.5 Å². The molecule has 5 rings (SSSR count). The van der Waals surface area contributed by atoms with E-state index in [2.05, 4.69) is 13.1 Å². The van der Waals surface area contributed by atoms with Gasteiger partial charge in [0.15, 0.2) is 5.60 Å². The van der Waals surface area contributed by atoms with E-state index in [1.54, 1.807) is 23.0 Å². The first-order chi connectivity index (χ1) is 24.4. The van der Waals surface area contributed by atoms with E-state index in [1.807, 2.05) is 61.5 Å². The van der Waals surface area contributed by atoms with Gasteiger partial charge in [-0.1, -0.05) is 67.7 Å². The highest BCUT2D eigenvalue weighted by atomic mass is 28.3. The lowest BCUT2D eigenvalue weighted by atomic mass is 9.82. The number of nitrogens with zero attached hydrogens (tertiary/aromatic N) is 3. The number of rotatable bonds is 15. The van der Waals surface area contributed by atoms with Gasteiger partial charge in [0.05, 0.1) is 52.0 Å². The minimum atomic E-state index is -2.61. The number of aliphatic hydroxyl groups is 1. The van der Waals surface area contributed by atoms with Gasteiger partial charge in [0.2, 0.25) is 5.91 Å². The predicted octanol–water partition coefficient (Wildman–Crippen LogP) is 4.92. The average Bonchev–Trinajstić information content (AvgIpc) is 3.55. The summed E-state index contributed by atoms with van der Waals surface area (Å²) < 4.78 is 17.2. The molecule has 4 atom stereocenters. The van der Waals surface area contributed by atoms with Gasteiger partial charge in [-0.2, -0.15) is 0 Å². The number of ether oxygens (including phenoxy) is 3. The summed E-state index contributed by atoms with van der Waals surface area (Å²) in [4.78, 5) is 55.6. The summed E-state index contributed by atoms with van der Waals surface area (Å²) in [6, 6.07) is 21.8. The molecule has 1 saturated heterocycles. The molecule has 1 N–H and O–H groups in total. The minimum Gasteiger partial charge on any atom is -0.497 e. The summed E-state index contributed by atoms with van der Waals surface area (Å²) in [5.41, 5.74) is -0.177. The van der Waals surface area contributed by atoms with Gasteiger partial charge in [-0.15, -0.1) is 0 Å². The van der Waals surface area contributed by atoms with Crippen molar-refractivity contribution in [3.8, 4) is 5.75 Å². The maximum absolute atomic E-state index is 14.9. The second-order valence-electron chi connectivity index (χ2n) is 13.8. The number of methoxy groups -OCH3 is 2. The molecule has 0 saturated carbocycles. The number of esters is 1. The van der Waals surface area contributed by atoms with Gasteiger partial charge in [0.1, 0.15) is 5.75 Å². The molecular weight excluding hydrogens is 671 g/mol. The molecular formula is C38H47N3O9Si. The van der Waals surface area contributed by atoms with Crippen LogP contribution in [0.4, 0.5) is 11.4 Å². The number of anilines is 1. The van der Waals surface area contributed by atoms with Crippen molar-refractivity contribution in [1.29, 1.82) is 0 Å². The number of benzene rings is 3. The average molecular weight is 718 g/mol. The molecule has 12 nitrogen and oxygen atoms in total. The van der Waals surface area contributed by atoms with Gasteiger partial charge in [0, 0.05) is 49.7 Å². The maximum Gasteiger partial charge on any atom is 0.305 e. The highest BCUT2D eigenvalue weighted by molar-refractivity contribution is 6.91. The second-order valence-corrected chi connectivity index (χ2v) is 18.5. The van der Waals surface area contributed by atoms with E-state index in [0.717, 1.165) is 10.8 Å². The van der Waals surface area contributed by atoms with Crippen molar-refractivity contribution >= 4 is 42.4 Å². The van der Waals surface area contributed by atoms with Crippen LogP contribution in [0.5, 0.6) is 5.75 Å². The first-order valence-electron chi connectivity index (χ1n) is 17.3. The number of hydrogen-bond donors (Lipinski definition) is 1. The zero-order valence-corrected chi connectivity index (χ0v) is 30.9. The first kappa shape index (κ1) is 37.7. The van der Waals surface area contributed by atoms with Crippen molar-refractivity contribution in [3.05, 3.63) is 94.0 Å². The number of unbranched alkanes of at least 4 members (excludes halogenated alkanes) is 1. The van der Waals surface area contributed by atoms with Crippen molar-refractivity contribution in [3.63, 3.8) is 0 Å². The van der Waals surface area contributed by atoms with Crippen LogP contribution in [0.3, 0.4) is 0 Å². The quantitative estimate of drug-likeness (QED) is 0.0761. The fourth-order valence-electron chi connectivity index (χ4n) is 8.00. The third-order valence-electron chi connectivity index (χ3n) is 10.6. The summed E-state index contributed by atoms with van der Waals surface area (Å²) in [5.74, 6) is -0.673. The Balaban J connectivity index is 1.58. The van der Waals surface area contributed by atoms with E-state index in [9.17, 15) is 29.6 Å². The molecule has 0 radical (unpaired) electrons. The lowest BCUT2D eigenvalue weighted by Gasteiger charge is -2.37. The number of hydrogen-bond acceptors (Lipinski definition) is 9. The molecule has 1 fully saturated rings. The molecule has 3 aromatic carbocycles. The normalized spacial score (nSPS) is 21.1. The molecule has 272 valence electrons. The molecule has 2 heterocycles. The lowest BCUT2D eigenvalue weighted by Crippen LogP contribution is -2.52. The van der Waals surface area contributed by atoms with Crippen LogP contribution in [-0.4, -0.2) is 80.8 Å². The highest BCUT2D eigenvalue weighted by Crippen LogP contribution is 2.60. The molecule has 0 bridgehead atoms. The summed E-state index contributed by atoms with van der Waals surface area (Å²) in [5, 5.41) is 23.1. The third kappa shape index (κ3) is 7.42. The standard InChI is InChI=1S/C38H47N3O9Si/c1-26-36(51(4,5)30-17-15-29(48-2)16-18-30)33(24-34(43)39(21-22-42)25-27-11-7-6-8-12-27)50-38(26)31-23-28(41(46)47)14-19-32(31)40(37(38)45)20-10-9-13-35(44)49-3/h6-8,11-12,14-19,23,26,33,36,42H,9-10,13,20-22,24-25H2,1-5H3/t26-,33+,36-,38+/m0/s1. The van der Waals surface area contributed by atoms with Crippen molar-refractivity contribution < 1.29 is 38.6 Å². The van der Waals surface area contributed by atoms with Crippen LogP contribution in [0.2, 0.25) is 18.6 Å². The highest BCUT2D eigenvalue weighted by Gasteiger charge is 2.66. The molecule has 13 heteroatoms. The number of aliphatic hydroxyl groups excluding tert-OH is 1. The van der Waals surface area contributed by atoms with E-state index >= 15 is 0 Å². The minimum absolute atomic E-state index is 0.0488. The van der Waals surface area contributed by atoms with Crippen molar-refractivity contribution in [2.75, 3.05) is 38.8 Å². The number of nitro groups is 1. The van der Waals surface area contributed by atoms with Gasteiger partial charge in [-0.25, -0.2) is 0 Å². The van der Waals surface area contributed by atoms with Gasteiger partial charge < -0.3 is 29.1 Å². The van der Waals surface area contributed by atoms with Crippen LogP contribution in [-0.2, 0) is 36.0 Å². The van der Waals surface area contributed by atoms with Gasteiger partial charge in [0.25, 0.3) is 11.6 Å². The fraction of sp³-hybridized carbons (Fsp3) is 0.447. The van der Waals surface area contributed by atoms with Crippen LogP contribution in [0.25, 0.3) is 0 Å². The second kappa shape index (κ2) is 15.7. The molecule has 0 aliphatic carbocycles. The molecule has 3 aromatic rings. The Morgan fingerprint density at radius 3 is 2.39 bits per heavy atom. The zero-order valence-electron chi connectivity index (χ0n) is 29.9. The Bertz CT molecular complexity index is 1740. The van der Waals surface area contributed by atoms with Gasteiger partial charge >= 0.3 is 5.97 Å². The van der Waals surface area contributed by atoms with E-state index in [0.29, 0.717) is 36.4 Å². The Hall–Kier alpha value is -4.59. The van der Waals surface area contributed by atoms with Crippen molar-refractivity contribution in [2.24, 2.45) is 5.92 Å². The van der Waals surface area contributed by atoms with Crippen LogP contribution in [0, 0.1) is 16.0 Å². The Morgan fingerprint density at radius 1 is 1.06 bits per heavy atom. The molecule has 1 spiro atoms. The van der Waals surface area contributed by atoms with Crippen LogP contribution < -0.4 is 14.8 Å². The lowest BCUT2D eigenvalue weighted by molar-refractivity contribution is -0.385. The van der Waals surface area contributed by atoms with Crippen molar-refractivity contribution in [1.82, 2.24) is 4.90 Å². The monoisotopic (exact) mass is 717 g/mol. The number of fused-ring (bicyclic) bond motifs is 2. The SMILES string of the molecule is COC(=O)CCCCN1C(=O)[C@]2(O[C@H](CC(=O)N(CCO)Cc3ccccc3)[C@@H]([Si](C)(C)c3ccc(OC)cc3)[C@@H]2C)c2cc([N+](=O)[O-])ccc21. The van der Waals surface area contributed by atoms with E-state index in [4.69, 9.17) is 14.2 Å². The molecule has 2 aliphatic heterocycles. The largest absolute Gasteiger partial charge is 0.497 e. The zero-order chi connectivity index (χ0) is 36.9. The first-order valence-corrected chi connectivity index (χ1v) is 20.4. The summed E-state index contributed by atoms with van der Waals surface area (Å²) in [6.45, 7) is 6.83. The van der Waals surface area contributed by atoms with Gasteiger partial charge in [-0.05, 0) is 42.1 Å². The smallest absolute Gasteiger partial charge is 0.305 e. The maximum atomic E-state index is 14.9. The van der Waals surface area contributed by atoms with E-state index in [-0.39, 0.29) is 61.6 Å². The Kier molecular flexibility index (Phi) is 11.6. The molecule has 0 unspecified atom stereocenters. The molecule has 2 aliphatic rings. The van der Waals surface area contributed by atoms with E-state index in [1.165, 1.54) is 19.2 Å². The number of non-ortho nitro benzene ring substituents is 1. The van der Waals surface area contributed by atoms with E-state index < -0.39 is 30.6 Å². The molecule has 0 aromatic heterocycles. The molecule has 51 heavy (non-hydrogen) atoms. The van der Waals surface area contributed by atoms with Crippen LogP contribution in [0.1, 0.15) is 43.7 Å². The number of nitro benzene ring substituents is 1. The predicted molar refractivity (Wildman–Crippen MR) is 194 cm³/mol. The summed E-state index contributed by atoms with van der Waals surface area (Å²) in [7, 11) is 0.326. The summed E-state index contributed by atoms with van der Waals surface area (Å²) in [6.07, 6.45) is 0.414. The van der Waals surface area contributed by atoms with Crippen LogP contribution in [0.15, 0.2) is 72.8 Å². The van der Waals surface area contributed by atoms with Crippen molar-refractivity contribution in [2.45, 2.75) is 69.5 Å². The number of amides is 2. The molecule has 2 amide bonds.